The Morgan fingerprint density at radius 3 is 2.38 bits per heavy atom. The number of hydrogen-bond acceptors (Lipinski definition) is 5. The summed E-state index contributed by atoms with van der Waals surface area (Å²) in [6.07, 6.45) is 6.24. The fourth-order valence-corrected chi connectivity index (χ4v) is 5.04. The maximum absolute atomic E-state index is 14.2. The number of benzene rings is 2. The van der Waals surface area contributed by atoms with Gasteiger partial charge >= 0.3 is 6.09 Å². The molecule has 216 valence electrons. The second-order valence-electron chi connectivity index (χ2n) is 11.3. The van der Waals surface area contributed by atoms with E-state index < -0.39 is 29.7 Å². The van der Waals surface area contributed by atoms with Gasteiger partial charge in [0.25, 0.3) is 0 Å². The quantitative estimate of drug-likeness (QED) is 0.362. The number of carbonyl (C=O) groups excluding carboxylic acids is 3. The molecule has 40 heavy (non-hydrogen) atoms. The summed E-state index contributed by atoms with van der Waals surface area (Å²) in [5.41, 5.74) is 1.49. The normalized spacial score (nSPS) is 15.4. The molecule has 0 spiro atoms. The van der Waals surface area contributed by atoms with Crippen LogP contribution in [-0.2, 0) is 20.7 Å². The third kappa shape index (κ3) is 8.86. The van der Waals surface area contributed by atoms with Gasteiger partial charge in [-0.15, -0.1) is 0 Å². The van der Waals surface area contributed by atoms with E-state index in [4.69, 9.17) is 4.74 Å². The van der Waals surface area contributed by atoms with Crippen molar-refractivity contribution in [1.29, 1.82) is 0 Å². The van der Waals surface area contributed by atoms with Gasteiger partial charge < -0.3 is 25.4 Å². The smallest absolute Gasteiger partial charge is 0.408 e. The number of phenols is 1. The van der Waals surface area contributed by atoms with Crippen molar-refractivity contribution in [3.8, 4) is 5.75 Å². The third-order valence-electron chi connectivity index (χ3n) is 6.96. The van der Waals surface area contributed by atoms with Gasteiger partial charge in [-0.1, -0.05) is 62.2 Å². The van der Waals surface area contributed by atoms with Crippen molar-refractivity contribution in [2.24, 2.45) is 0 Å². The van der Waals surface area contributed by atoms with E-state index in [0.717, 1.165) is 43.2 Å². The zero-order valence-electron chi connectivity index (χ0n) is 24.1. The lowest BCUT2D eigenvalue weighted by Crippen LogP contribution is -2.54. The molecule has 2 aromatic rings. The highest BCUT2D eigenvalue weighted by Crippen LogP contribution is 2.26. The van der Waals surface area contributed by atoms with Crippen molar-refractivity contribution in [1.82, 2.24) is 15.5 Å². The summed E-state index contributed by atoms with van der Waals surface area (Å²) in [5.74, 6) is -0.554. The number of amides is 3. The maximum atomic E-state index is 14.2. The number of rotatable bonds is 10. The molecule has 8 nitrogen and oxygen atoms in total. The zero-order valence-corrected chi connectivity index (χ0v) is 24.1. The van der Waals surface area contributed by atoms with E-state index in [1.165, 1.54) is 17.0 Å². The minimum atomic E-state index is -1.01. The van der Waals surface area contributed by atoms with Gasteiger partial charge in [0, 0.05) is 19.0 Å². The largest absolute Gasteiger partial charge is 0.508 e. The van der Waals surface area contributed by atoms with Crippen LogP contribution in [0.25, 0.3) is 6.08 Å². The van der Waals surface area contributed by atoms with Crippen LogP contribution in [0.5, 0.6) is 5.75 Å². The molecule has 3 rings (SSSR count). The minimum Gasteiger partial charge on any atom is -0.508 e. The number of likely N-dealkylation sites (N-methyl/N-ethyl adjacent to an activating group) is 1. The average molecular weight is 550 g/mol. The fourth-order valence-electron chi connectivity index (χ4n) is 5.04. The Kier molecular flexibility index (Phi) is 10.8. The molecule has 1 saturated carbocycles. The topological polar surface area (TPSA) is 108 Å². The molecule has 1 aliphatic carbocycles. The van der Waals surface area contributed by atoms with Gasteiger partial charge in [-0.3, -0.25) is 9.59 Å². The molecule has 2 aromatic carbocycles. The number of nitrogens with zero attached hydrogens (tertiary/aromatic N) is 1. The van der Waals surface area contributed by atoms with Crippen molar-refractivity contribution in [2.75, 3.05) is 6.54 Å². The van der Waals surface area contributed by atoms with E-state index in [9.17, 15) is 19.5 Å². The van der Waals surface area contributed by atoms with Crippen LogP contribution in [0.1, 0.15) is 82.5 Å². The first-order valence-electron chi connectivity index (χ1n) is 14.1. The van der Waals surface area contributed by atoms with Crippen molar-refractivity contribution >= 4 is 24.0 Å². The SMILES string of the molecule is C=Cc1cccc(C(C(=O)NC2CCCCC2)N(CC)C(=O)C(Cc2ccc(O)cc2)NC(=O)OC(C)(C)C)c1. The lowest BCUT2D eigenvalue weighted by molar-refractivity contribution is -0.142. The summed E-state index contributed by atoms with van der Waals surface area (Å²) in [6.45, 7) is 11.2. The summed E-state index contributed by atoms with van der Waals surface area (Å²) in [7, 11) is 0. The summed E-state index contributed by atoms with van der Waals surface area (Å²) in [4.78, 5) is 42.4. The van der Waals surface area contributed by atoms with Crippen molar-refractivity contribution in [3.63, 3.8) is 0 Å². The number of alkyl carbamates (subject to hydrolysis) is 1. The first-order valence-corrected chi connectivity index (χ1v) is 14.1. The number of hydrogen-bond donors (Lipinski definition) is 3. The first kappa shape index (κ1) is 30.7. The lowest BCUT2D eigenvalue weighted by Gasteiger charge is -2.35. The predicted octanol–water partition coefficient (Wildman–Crippen LogP) is 5.51. The van der Waals surface area contributed by atoms with Crippen LogP contribution in [0, 0.1) is 0 Å². The summed E-state index contributed by atoms with van der Waals surface area (Å²) in [5, 5.41) is 15.7. The standard InChI is InChI=1S/C32H43N3O5/c1-6-22-12-11-13-24(20-22)28(29(37)33-25-14-9-8-10-15-25)35(7-2)30(38)27(34-31(39)40-32(3,4)5)21-23-16-18-26(36)19-17-23/h6,11-13,16-20,25,27-28,36H,1,7-10,14-15,21H2,2-5H3,(H,33,37)(H,34,39). The second kappa shape index (κ2) is 14.0. The maximum Gasteiger partial charge on any atom is 0.408 e. The molecule has 0 radical (unpaired) electrons. The van der Waals surface area contributed by atoms with E-state index in [0.29, 0.717) is 5.56 Å². The molecule has 2 unspecified atom stereocenters. The predicted molar refractivity (Wildman–Crippen MR) is 157 cm³/mol. The highest BCUT2D eigenvalue weighted by molar-refractivity contribution is 5.92. The summed E-state index contributed by atoms with van der Waals surface area (Å²) in [6, 6.07) is 12.1. The Hall–Kier alpha value is -3.81. The van der Waals surface area contributed by atoms with Crippen LogP contribution >= 0.6 is 0 Å². The lowest BCUT2D eigenvalue weighted by atomic mass is 9.94. The molecule has 3 N–H and O–H groups in total. The average Bonchev–Trinajstić information content (AvgIpc) is 2.91. The number of ether oxygens (including phenoxy) is 1. The molecule has 1 fully saturated rings. The Balaban J connectivity index is 1.97. The van der Waals surface area contributed by atoms with Crippen molar-refractivity contribution in [3.05, 3.63) is 71.8 Å². The number of nitrogens with one attached hydrogen (secondary N) is 2. The van der Waals surface area contributed by atoms with Gasteiger partial charge in [0.05, 0.1) is 0 Å². The first-order chi connectivity index (χ1) is 19.0. The van der Waals surface area contributed by atoms with Crippen LogP contribution in [0.15, 0.2) is 55.1 Å². The summed E-state index contributed by atoms with van der Waals surface area (Å²) >= 11 is 0. The molecule has 0 saturated heterocycles. The van der Waals surface area contributed by atoms with Crippen LogP contribution in [0.2, 0.25) is 0 Å². The van der Waals surface area contributed by atoms with Gasteiger partial charge in [0.2, 0.25) is 11.8 Å². The summed E-state index contributed by atoms with van der Waals surface area (Å²) < 4.78 is 5.46. The van der Waals surface area contributed by atoms with Gasteiger partial charge in [-0.2, -0.15) is 0 Å². The molecule has 3 amide bonds. The Morgan fingerprint density at radius 2 is 1.77 bits per heavy atom. The van der Waals surface area contributed by atoms with Crippen LogP contribution in [0.3, 0.4) is 0 Å². The van der Waals surface area contributed by atoms with Crippen molar-refractivity contribution < 1.29 is 24.2 Å². The Labute approximate surface area is 237 Å². The molecule has 0 heterocycles. The third-order valence-corrected chi connectivity index (χ3v) is 6.96. The van der Waals surface area contributed by atoms with Crippen LogP contribution < -0.4 is 10.6 Å². The van der Waals surface area contributed by atoms with Gasteiger partial charge in [-0.05, 0) is 75.4 Å². The van der Waals surface area contributed by atoms with E-state index in [2.05, 4.69) is 17.2 Å². The van der Waals surface area contributed by atoms with E-state index in [1.54, 1.807) is 39.0 Å². The molecular weight excluding hydrogens is 506 g/mol. The molecule has 2 atom stereocenters. The molecule has 1 aliphatic rings. The Bertz CT molecular complexity index is 1170. The number of phenolic OH excluding ortho intramolecular Hbond substituents is 1. The minimum absolute atomic E-state index is 0.0628. The fraction of sp³-hybridized carbons (Fsp3) is 0.469. The van der Waals surface area contributed by atoms with Crippen molar-refractivity contribution in [2.45, 2.75) is 89.9 Å². The monoisotopic (exact) mass is 549 g/mol. The number of carbonyl (C=O) groups is 3. The molecule has 0 aliphatic heterocycles. The highest BCUT2D eigenvalue weighted by Gasteiger charge is 2.36. The molecule has 8 heteroatoms. The second-order valence-corrected chi connectivity index (χ2v) is 11.3. The van der Waals surface area contributed by atoms with E-state index in [1.807, 2.05) is 31.2 Å². The van der Waals surface area contributed by atoms with E-state index >= 15 is 0 Å². The highest BCUT2D eigenvalue weighted by atomic mass is 16.6. The van der Waals surface area contributed by atoms with E-state index in [-0.39, 0.29) is 30.7 Å². The Morgan fingerprint density at radius 1 is 1.10 bits per heavy atom. The zero-order chi connectivity index (χ0) is 29.3. The van der Waals surface area contributed by atoms with Crippen LogP contribution in [-0.4, -0.2) is 52.1 Å². The number of aromatic hydroxyl groups is 1. The molecule has 0 bridgehead atoms. The molecular formula is C32H43N3O5. The van der Waals surface area contributed by atoms with Gasteiger partial charge in [0.1, 0.15) is 23.4 Å². The van der Waals surface area contributed by atoms with Gasteiger partial charge in [0.15, 0.2) is 0 Å². The van der Waals surface area contributed by atoms with Crippen LogP contribution in [0.4, 0.5) is 4.79 Å². The molecule has 0 aromatic heterocycles. The van der Waals surface area contributed by atoms with Gasteiger partial charge in [-0.25, -0.2) is 4.79 Å².